The second-order valence-corrected chi connectivity index (χ2v) is 3.94. The predicted octanol–water partition coefficient (Wildman–Crippen LogP) is 1.43. The molecule has 0 atom stereocenters. The molecule has 1 fully saturated rings. The van der Waals surface area contributed by atoms with Gasteiger partial charge in [-0.3, -0.25) is 0 Å². The highest BCUT2D eigenvalue weighted by Gasteiger charge is 2.33. The standard InChI is InChI=1S/C9H13N3O2/c1-5(2)12-8(9(13)14)7(10-11-12)6-3-4-6/h5-6H,3-4H2,1-2H3,(H,13,14). The van der Waals surface area contributed by atoms with Crippen molar-refractivity contribution in [1.82, 2.24) is 15.0 Å². The molecule has 1 aliphatic rings. The third kappa shape index (κ3) is 1.38. The van der Waals surface area contributed by atoms with Crippen molar-refractivity contribution in [1.29, 1.82) is 0 Å². The van der Waals surface area contributed by atoms with E-state index in [-0.39, 0.29) is 11.7 Å². The number of aromatic nitrogens is 3. The minimum Gasteiger partial charge on any atom is -0.476 e. The second-order valence-electron chi connectivity index (χ2n) is 3.94. The van der Waals surface area contributed by atoms with Crippen molar-refractivity contribution in [3.05, 3.63) is 11.4 Å². The molecule has 0 spiro atoms. The quantitative estimate of drug-likeness (QED) is 0.792. The van der Waals surface area contributed by atoms with Crippen LogP contribution in [-0.4, -0.2) is 26.1 Å². The van der Waals surface area contributed by atoms with Crippen LogP contribution in [0.25, 0.3) is 0 Å². The van der Waals surface area contributed by atoms with Crippen molar-refractivity contribution in [2.75, 3.05) is 0 Å². The Morgan fingerprint density at radius 1 is 1.57 bits per heavy atom. The van der Waals surface area contributed by atoms with Crippen LogP contribution >= 0.6 is 0 Å². The van der Waals surface area contributed by atoms with Crippen LogP contribution in [0.15, 0.2) is 0 Å². The van der Waals surface area contributed by atoms with E-state index in [1.807, 2.05) is 13.8 Å². The van der Waals surface area contributed by atoms with E-state index in [4.69, 9.17) is 5.11 Å². The summed E-state index contributed by atoms with van der Waals surface area (Å²) in [7, 11) is 0. The molecule has 14 heavy (non-hydrogen) atoms. The highest BCUT2D eigenvalue weighted by molar-refractivity contribution is 5.87. The molecule has 2 rings (SSSR count). The van der Waals surface area contributed by atoms with E-state index in [2.05, 4.69) is 10.3 Å². The van der Waals surface area contributed by atoms with Gasteiger partial charge < -0.3 is 5.11 Å². The maximum atomic E-state index is 11.0. The summed E-state index contributed by atoms with van der Waals surface area (Å²) < 4.78 is 1.48. The van der Waals surface area contributed by atoms with Crippen molar-refractivity contribution in [3.63, 3.8) is 0 Å². The first-order chi connectivity index (χ1) is 6.61. The van der Waals surface area contributed by atoms with E-state index >= 15 is 0 Å². The molecule has 5 nitrogen and oxygen atoms in total. The van der Waals surface area contributed by atoms with Crippen LogP contribution in [0, 0.1) is 0 Å². The minimum absolute atomic E-state index is 0.0427. The summed E-state index contributed by atoms with van der Waals surface area (Å²) in [4.78, 5) is 11.0. The smallest absolute Gasteiger partial charge is 0.356 e. The normalized spacial score (nSPS) is 16.2. The van der Waals surface area contributed by atoms with Gasteiger partial charge in [0, 0.05) is 12.0 Å². The molecule has 1 aromatic rings. The fourth-order valence-electron chi connectivity index (χ4n) is 1.51. The number of hydrogen-bond acceptors (Lipinski definition) is 3. The highest BCUT2D eigenvalue weighted by Crippen LogP contribution is 2.40. The first-order valence-electron chi connectivity index (χ1n) is 4.79. The SMILES string of the molecule is CC(C)n1nnc(C2CC2)c1C(=O)O. The van der Waals surface area contributed by atoms with Crippen LogP contribution in [0.5, 0.6) is 0 Å². The lowest BCUT2D eigenvalue weighted by Crippen LogP contribution is -2.13. The third-order valence-electron chi connectivity index (χ3n) is 2.38. The Balaban J connectivity index is 2.46. The molecule has 1 heterocycles. The van der Waals surface area contributed by atoms with Crippen LogP contribution in [0.1, 0.15) is 54.8 Å². The number of rotatable bonds is 3. The van der Waals surface area contributed by atoms with Crippen LogP contribution in [0.3, 0.4) is 0 Å². The lowest BCUT2D eigenvalue weighted by Gasteiger charge is -2.06. The van der Waals surface area contributed by atoms with Crippen LogP contribution in [0.2, 0.25) is 0 Å². The number of carbonyl (C=O) groups is 1. The van der Waals surface area contributed by atoms with Crippen LogP contribution in [-0.2, 0) is 0 Å². The molecule has 5 heteroatoms. The van der Waals surface area contributed by atoms with Gasteiger partial charge in [0.25, 0.3) is 0 Å². The average Bonchev–Trinajstić information content (AvgIpc) is 2.83. The van der Waals surface area contributed by atoms with Gasteiger partial charge in [0.1, 0.15) is 5.69 Å². The number of nitrogens with zero attached hydrogens (tertiary/aromatic N) is 3. The number of hydrogen-bond donors (Lipinski definition) is 1. The minimum atomic E-state index is -0.925. The second kappa shape index (κ2) is 3.08. The van der Waals surface area contributed by atoms with Gasteiger partial charge in [0.2, 0.25) is 0 Å². The van der Waals surface area contributed by atoms with Crippen molar-refractivity contribution in [2.45, 2.75) is 38.6 Å². The average molecular weight is 195 g/mol. The zero-order chi connectivity index (χ0) is 10.3. The lowest BCUT2D eigenvalue weighted by molar-refractivity contribution is 0.0680. The van der Waals surface area contributed by atoms with Gasteiger partial charge in [-0.1, -0.05) is 5.21 Å². The van der Waals surface area contributed by atoms with Gasteiger partial charge in [0.05, 0.1) is 0 Å². The van der Waals surface area contributed by atoms with E-state index in [0.717, 1.165) is 12.8 Å². The molecule has 76 valence electrons. The van der Waals surface area contributed by atoms with E-state index in [9.17, 15) is 4.79 Å². The third-order valence-corrected chi connectivity index (χ3v) is 2.38. The van der Waals surface area contributed by atoms with Gasteiger partial charge in [-0.05, 0) is 26.7 Å². The summed E-state index contributed by atoms with van der Waals surface area (Å²) in [6.07, 6.45) is 2.08. The first kappa shape index (κ1) is 9.18. The molecule has 0 saturated heterocycles. The summed E-state index contributed by atoms with van der Waals surface area (Å²) in [5.74, 6) is -0.598. The Bertz CT molecular complexity index is 347. The zero-order valence-corrected chi connectivity index (χ0v) is 8.27. The topological polar surface area (TPSA) is 68.0 Å². The highest BCUT2D eigenvalue weighted by atomic mass is 16.4. The summed E-state index contributed by atoms with van der Waals surface area (Å²) >= 11 is 0. The molecule has 1 N–H and O–H groups in total. The van der Waals surface area contributed by atoms with Crippen molar-refractivity contribution < 1.29 is 9.90 Å². The van der Waals surface area contributed by atoms with Crippen molar-refractivity contribution in [2.24, 2.45) is 0 Å². The first-order valence-corrected chi connectivity index (χ1v) is 4.79. The van der Waals surface area contributed by atoms with Gasteiger partial charge in [-0.15, -0.1) is 5.10 Å². The number of carboxylic acids is 1. The van der Waals surface area contributed by atoms with E-state index in [1.165, 1.54) is 4.68 Å². The molecule has 0 aliphatic heterocycles. The molecule has 0 bridgehead atoms. The van der Waals surface area contributed by atoms with Gasteiger partial charge in [-0.25, -0.2) is 9.48 Å². The number of aromatic carboxylic acids is 1. The number of carboxylic acid groups (broad SMARTS) is 1. The summed E-state index contributed by atoms with van der Waals surface area (Å²) in [6, 6.07) is 0.0427. The van der Waals surface area contributed by atoms with E-state index < -0.39 is 5.97 Å². The molecule has 1 saturated carbocycles. The Morgan fingerprint density at radius 2 is 2.21 bits per heavy atom. The van der Waals surface area contributed by atoms with Gasteiger partial charge >= 0.3 is 5.97 Å². The van der Waals surface area contributed by atoms with Gasteiger partial charge in [0.15, 0.2) is 5.69 Å². The molecular weight excluding hydrogens is 182 g/mol. The summed E-state index contributed by atoms with van der Waals surface area (Å²) in [5, 5.41) is 16.9. The molecule has 1 aliphatic carbocycles. The van der Waals surface area contributed by atoms with Crippen molar-refractivity contribution in [3.8, 4) is 0 Å². The predicted molar refractivity (Wildman–Crippen MR) is 49.3 cm³/mol. The Labute approximate surface area is 81.7 Å². The fourth-order valence-corrected chi connectivity index (χ4v) is 1.51. The van der Waals surface area contributed by atoms with E-state index in [1.54, 1.807) is 0 Å². The molecule has 1 aromatic heterocycles. The largest absolute Gasteiger partial charge is 0.476 e. The maximum Gasteiger partial charge on any atom is 0.356 e. The van der Waals surface area contributed by atoms with Crippen LogP contribution in [0.4, 0.5) is 0 Å². The molecule has 0 radical (unpaired) electrons. The fraction of sp³-hybridized carbons (Fsp3) is 0.667. The van der Waals surface area contributed by atoms with Crippen LogP contribution < -0.4 is 0 Å². The molecular formula is C9H13N3O2. The molecule has 0 amide bonds. The zero-order valence-electron chi connectivity index (χ0n) is 8.27. The molecule has 0 unspecified atom stereocenters. The van der Waals surface area contributed by atoms with Gasteiger partial charge in [-0.2, -0.15) is 0 Å². The van der Waals surface area contributed by atoms with E-state index in [0.29, 0.717) is 11.6 Å². The Hall–Kier alpha value is -1.39. The summed E-state index contributed by atoms with van der Waals surface area (Å²) in [6.45, 7) is 3.80. The lowest BCUT2D eigenvalue weighted by atomic mass is 10.2. The Morgan fingerprint density at radius 3 is 2.64 bits per heavy atom. The maximum absolute atomic E-state index is 11.0. The Kier molecular flexibility index (Phi) is 2.02. The monoisotopic (exact) mass is 195 g/mol. The van der Waals surface area contributed by atoms with Crippen molar-refractivity contribution >= 4 is 5.97 Å². The summed E-state index contributed by atoms with van der Waals surface area (Å²) in [5.41, 5.74) is 0.925. The molecule has 0 aromatic carbocycles.